The Kier molecular flexibility index (Phi) is 8.07. The molecule has 3 rings (SSSR count). The van der Waals surface area contributed by atoms with E-state index in [1.807, 2.05) is 26.0 Å². The summed E-state index contributed by atoms with van der Waals surface area (Å²) in [7, 11) is 1.57. The van der Waals surface area contributed by atoms with E-state index in [-0.39, 0.29) is 30.2 Å². The molecule has 174 valence electrons. The van der Waals surface area contributed by atoms with E-state index in [4.69, 9.17) is 4.74 Å². The summed E-state index contributed by atoms with van der Waals surface area (Å²) in [6, 6.07) is -1.18. The molecule has 3 N–H and O–H groups in total. The summed E-state index contributed by atoms with van der Waals surface area (Å²) in [5.41, 5.74) is 0. The molecule has 3 amide bonds. The fourth-order valence-corrected chi connectivity index (χ4v) is 5.18. The van der Waals surface area contributed by atoms with Gasteiger partial charge in [0.05, 0.1) is 37.7 Å². The van der Waals surface area contributed by atoms with E-state index < -0.39 is 29.8 Å². The number of fused-ring (bicyclic) bond motifs is 1. The smallest absolute Gasteiger partial charge is 0.243 e. The van der Waals surface area contributed by atoms with Crippen LogP contribution in [0.2, 0.25) is 0 Å². The minimum atomic E-state index is -0.727. The van der Waals surface area contributed by atoms with Crippen LogP contribution in [0, 0.1) is 23.7 Å². The zero-order chi connectivity index (χ0) is 22.5. The third kappa shape index (κ3) is 4.78. The topological polar surface area (TPSA) is 111 Å². The normalized spacial score (nSPS) is 31.9. The number of hydrogen-bond donors (Lipinski definition) is 3. The van der Waals surface area contributed by atoms with Gasteiger partial charge in [0.15, 0.2) is 0 Å². The summed E-state index contributed by atoms with van der Waals surface area (Å²) < 4.78 is 5.35. The van der Waals surface area contributed by atoms with E-state index in [1.165, 1.54) is 4.90 Å². The number of aliphatic hydroxyl groups is 1. The van der Waals surface area contributed by atoms with Gasteiger partial charge < -0.3 is 25.4 Å². The molecule has 2 fully saturated rings. The highest BCUT2D eigenvalue weighted by Crippen LogP contribution is 2.44. The third-order valence-corrected chi connectivity index (χ3v) is 6.93. The zero-order valence-electron chi connectivity index (χ0n) is 18.8. The summed E-state index contributed by atoms with van der Waals surface area (Å²) in [4.78, 5) is 43.2. The molecule has 6 atom stereocenters. The molecule has 3 aliphatic rings. The Morgan fingerprint density at radius 1 is 1.26 bits per heavy atom. The van der Waals surface area contributed by atoms with Crippen LogP contribution in [0.25, 0.3) is 0 Å². The Bertz CT molecular complexity index is 689. The summed E-state index contributed by atoms with van der Waals surface area (Å²) in [5.74, 6) is -2.27. The standard InChI is InChI=1S/C22H36N4O5/c1-4-15(13-27)26-19(21(29)24-7-8-25-9-11-31-12-10-25)16-6-5-14(2)17(20(28)23-3)18(16)22(26)30/h5-6,14-19,27H,4,7-13H2,1-3H3,(H,23,28)(H,24,29)/t14-,15+,16+,17-,18-,19+/m1/s1. The fourth-order valence-electron chi connectivity index (χ4n) is 5.18. The van der Waals surface area contributed by atoms with Crippen LogP contribution in [0.15, 0.2) is 12.2 Å². The van der Waals surface area contributed by atoms with Crippen molar-refractivity contribution in [3.63, 3.8) is 0 Å². The number of rotatable bonds is 8. The van der Waals surface area contributed by atoms with Gasteiger partial charge in [-0.2, -0.15) is 0 Å². The van der Waals surface area contributed by atoms with Crippen molar-refractivity contribution in [2.45, 2.75) is 32.4 Å². The molecule has 0 aromatic carbocycles. The first-order chi connectivity index (χ1) is 14.9. The molecular weight excluding hydrogens is 400 g/mol. The molecule has 9 nitrogen and oxygen atoms in total. The molecule has 0 aromatic heterocycles. The number of allylic oxidation sites excluding steroid dienone is 1. The summed E-state index contributed by atoms with van der Waals surface area (Å²) in [6.45, 7) is 7.85. The average Bonchev–Trinajstić information content (AvgIpc) is 3.07. The number of hydrogen-bond acceptors (Lipinski definition) is 6. The van der Waals surface area contributed by atoms with E-state index in [2.05, 4.69) is 15.5 Å². The lowest BCUT2D eigenvalue weighted by molar-refractivity contribution is -0.143. The van der Waals surface area contributed by atoms with Crippen LogP contribution >= 0.6 is 0 Å². The molecule has 0 radical (unpaired) electrons. The molecule has 31 heavy (non-hydrogen) atoms. The Labute approximate surface area is 184 Å². The van der Waals surface area contributed by atoms with Gasteiger partial charge in [-0.25, -0.2) is 0 Å². The highest BCUT2D eigenvalue weighted by atomic mass is 16.5. The van der Waals surface area contributed by atoms with Gasteiger partial charge >= 0.3 is 0 Å². The second-order valence-corrected chi connectivity index (χ2v) is 8.67. The van der Waals surface area contributed by atoms with Crippen LogP contribution in [-0.2, 0) is 19.1 Å². The number of likely N-dealkylation sites (tertiary alicyclic amines) is 1. The van der Waals surface area contributed by atoms with Crippen molar-refractivity contribution < 1.29 is 24.2 Å². The number of nitrogens with zero attached hydrogens (tertiary/aromatic N) is 2. The van der Waals surface area contributed by atoms with Crippen molar-refractivity contribution in [2.24, 2.45) is 23.7 Å². The van der Waals surface area contributed by atoms with Gasteiger partial charge in [0, 0.05) is 39.1 Å². The Balaban J connectivity index is 1.80. The lowest BCUT2D eigenvalue weighted by Gasteiger charge is -2.33. The van der Waals surface area contributed by atoms with Crippen molar-refractivity contribution in [1.29, 1.82) is 0 Å². The van der Waals surface area contributed by atoms with E-state index in [1.54, 1.807) is 7.05 Å². The lowest BCUT2D eigenvalue weighted by atomic mass is 9.70. The molecule has 9 heteroatoms. The van der Waals surface area contributed by atoms with E-state index in [0.29, 0.717) is 26.2 Å². The second-order valence-electron chi connectivity index (χ2n) is 8.67. The largest absolute Gasteiger partial charge is 0.394 e. The number of amides is 3. The lowest BCUT2D eigenvalue weighted by Crippen LogP contribution is -2.53. The number of ether oxygens (including phenoxy) is 1. The maximum atomic E-state index is 13.5. The van der Waals surface area contributed by atoms with Crippen molar-refractivity contribution >= 4 is 17.7 Å². The Morgan fingerprint density at radius 2 is 1.97 bits per heavy atom. The first-order valence-electron chi connectivity index (χ1n) is 11.3. The predicted octanol–water partition coefficient (Wildman–Crippen LogP) is -0.783. The van der Waals surface area contributed by atoms with Crippen LogP contribution in [0.1, 0.15) is 20.3 Å². The molecule has 0 saturated carbocycles. The van der Waals surface area contributed by atoms with Crippen LogP contribution in [-0.4, -0.2) is 97.8 Å². The van der Waals surface area contributed by atoms with E-state index >= 15 is 0 Å². The molecular formula is C22H36N4O5. The molecule has 2 aliphatic heterocycles. The fraction of sp³-hybridized carbons (Fsp3) is 0.773. The Hall–Kier alpha value is -1.97. The third-order valence-electron chi connectivity index (χ3n) is 6.93. The summed E-state index contributed by atoms with van der Waals surface area (Å²) in [5, 5.41) is 15.6. The zero-order valence-corrected chi connectivity index (χ0v) is 18.8. The highest BCUT2D eigenvalue weighted by molar-refractivity contribution is 5.97. The number of carbonyl (C=O) groups excluding carboxylic acids is 3. The van der Waals surface area contributed by atoms with Gasteiger partial charge in [-0.3, -0.25) is 19.3 Å². The minimum Gasteiger partial charge on any atom is -0.394 e. The molecule has 0 unspecified atom stereocenters. The van der Waals surface area contributed by atoms with Crippen LogP contribution in [0.3, 0.4) is 0 Å². The molecule has 2 heterocycles. The maximum absolute atomic E-state index is 13.5. The van der Waals surface area contributed by atoms with Gasteiger partial charge in [0.1, 0.15) is 6.04 Å². The second kappa shape index (κ2) is 10.6. The van der Waals surface area contributed by atoms with Crippen molar-refractivity contribution in [3.05, 3.63) is 12.2 Å². The summed E-state index contributed by atoms with van der Waals surface area (Å²) >= 11 is 0. The molecule has 0 spiro atoms. The van der Waals surface area contributed by atoms with Crippen molar-refractivity contribution in [1.82, 2.24) is 20.4 Å². The monoisotopic (exact) mass is 436 g/mol. The van der Waals surface area contributed by atoms with Gasteiger partial charge in [0.2, 0.25) is 17.7 Å². The van der Waals surface area contributed by atoms with Crippen LogP contribution in [0.5, 0.6) is 0 Å². The van der Waals surface area contributed by atoms with Gasteiger partial charge in [-0.05, 0) is 12.3 Å². The predicted molar refractivity (Wildman–Crippen MR) is 115 cm³/mol. The summed E-state index contributed by atoms with van der Waals surface area (Å²) in [6.07, 6.45) is 4.39. The molecule has 0 bridgehead atoms. The minimum absolute atomic E-state index is 0.107. The molecule has 0 aromatic rings. The SMILES string of the molecule is CC[C@@H](CO)N1C(=O)[C@@H]2[C@H](C=C[C@@H](C)[C@H]2C(=O)NC)[C@H]1C(=O)NCCN1CCOCC1. The van der Waals surface area contributed by atoms with E-state index in [0.717, 1.165) is 19.6 Å². The van der Waals surface area contributed by atoms with Gasteiger partial charge in [-0.15, -0.1) is 0 Å². The van der Waals surface area contributed by atoms with Crippen molar-refractivity contribution in [3.8, 4) is 0 Å². The van der Waals surface area contributed by atoms with E-state index in [9.17, 15) is 19.5 Å². The van der Waals surface area contributed by atoms with Crippen molar-refractivity contribution in [2.75, 3.05) is 53.0 Å². The quantitative estimate of drug-likeness (QED) is 0.431. The average molecular weight is 437 g/mol. The first-order valence-corrected chi connectivity index (χ1v) is 11.3. The number of aliphatic hydroxyl groups excluding tert-OH is 1. The number of morpholine rings is 1. The highest BCUT2D eigenvalue weighted by Gasteiger charge is 2.57. The Morgan fingerprint density at radius 3 is 2.58 bits per heavy atom. The molecule has 2 saturated heterocycles. The van der Waals surface area contributed by atoms with Crippen LogP contribution in [0.4, 0.5) is 0 Å². The maximum Gasteiger partial charge on any atom is 0.243 e. The van der Waals surface area contributed by atoms with Gasteiger partial charge in [-0.1, -0.05) is 26.0 Å². The first kappa shape index (κ1) is 23.7. The molecule has 1 aliphatic carbocycles. The van der Waals surface area contributed by atoms with Crippen LogP contribution < -0.4 is 10.6 Å². The number of carbonyl (C=O) groups is 3. The number of nitrogens with one attached hydrogen (secondary N) is 2. The van der Waals surface area contributed by atoms with Gasteiger partial charge in [0.25, 0.3) is 0 Å².